The summed E-state index contributed by atoms with van der Waals surface area (Å²) >= 11 is 0. The van der Waals surface area contributed by atoms with Crippen LogP contribution in [0.15, 0.2) is 54.6 Å². The van der Waals surface area contributed by atoms with Gasteiger partial charge in [-0.3, -0.25) is 0 Å². The first-order chi connectivity index (χ1) is 10.2. The summed E-state index contributed by atoms with van der Waals surface area (Å²) in [5.41, 5.74) is 2.48. The van der Waals surface area contributed by atoms with Crippen LogP contribution in [0.3, 0.4) is 0 Å². The molecule has 2 atom stereocenters. The van der Waals surface area contributed by atoms with Gasteiger partial charge in [-0.1, -0.05) is 62.7 Å². The first kappa shape index (κ1) is 15.6. The fourth-order valence-corrected chi connectivity index (χ4v) is 2.55. The molecule has 0 saturated carbocycles. The van der Waals surface area contributed by atoms with Gasteiger partial charge in [0.1, 0.15) is 12.4 Å². The molecule has 0 fully saturated rings. The van der Waals surface area contributed by atoms with Crippen LogP contribution in [0.5, 0.6) is 5.75 Å². The van der Waals surface area contributed by atoms with Gasteiger partial charge in [0.2, 0.25) is 0 Å². The predicted octanol–water partition coefficient (Wildman–Crippen LogP) is 4.57. The molecule has 0 aliphatic carbocycles. The Bertz CT molecular complexity index is 538. The monoisotopic (exact) mass is 283 g/mol. The van der Waals surface area contributed by atoms with Crippen molar-refractivity contribution in [3.8, 4) is 5.75 Å². The van der Waals surface area contributed by atoms with Crippen LogP contribution in [0.1, 0.15) is 37.4 Å². The zero-order valence-electron chi connectivity index (χ0n) is 13.2. The molecule has 2 aromatic carbocycles. The van der Waals surface area contributed by atoms with Crippen molar-refractivity contribution in [2.75, 3.05) is 7.05 Å². The van der Waals surface area contributed by atoms with Gasteiger partial charge in [-0.05, 0) is 36.2 Å². The zero-order valence-corrected chi connectivity index (χ0v) is 13.2. The second kappa shape index (κ2) is 7.84. The maximum atomic E-state index is 5.91. The Kier molecular flexibility index (Phi) is 5.82. The highest BCUT2D eigenvalue weighted by molar-refractivity contribution is 5.31. The first-order valence-electron chi connectivity index (χ1n) is 7.68. The lowest BCUT2D eigenvalue weighted by atomic mass is 9.92. The van der Waals surface area contributed by atoms with Crippen LogP contribution in [-0.2, 0) is 6.61 Å². The quantitative estimate of drug-likeness (QED) is 0.803. The average Bonchev–Trinajstić information content (AvgIpc) is 2.55. The Morgan fingerprint density at radius 3 is 2.48 bits per heavy atom. The van der Waals surface area contributed by atoms with Crippen LogP contribution < -0.4 is 10.1 Å². The van der Waals surface area contributed by atoms with Crippen molar-refractivity contribution >= 4 is 0 Å². The third-order valence-electron chi connectivity index (χ3n) is 3.99. The Morgan fingerprint density at radius 2 is 1.81 bits per heavy atom. The van der Waals surface area contributed by atoms with Crippen molar-refractivity contribution in [3.05, 3.63) is 65.7 Å². The van der Waals surface area contributed by atoms with Gasteiger partial charge in [-0.25, -0.2) is 0 Å². The van der Waals surface area contributed by atoms with E-state index in [1.807, 2.05) is 31.3 Å². The number of hydrogen-bond acceptors (Lipinski definition) is 2. The van der Waals surface area contributed by atoms with E-state index < -0.39 is 0 Å². The highest BCUT2D eigenvalue weighted by Gasteiger charge is 2.16. The van der Waals surface area contributed by atoms with Crippen molar-refractivity contribution in [1.29, 1.82) is 0 Å². The molecule has 2 nitrogen and oxygen atoms in total. The van der Waals surface area contributed by atoms with Gasteiger partial charge in [-0.15, -0.1) is 0 Å². The van der Waals surface area contributed by atoms with Crippen molar-refractivity contribution in [2.24, 2.45) is 5.92 Å². The number of ether oxygens (including phenoxy) is 1. The van der Waals surface area contributed by atoms with Gasteiger partial charge < -0.3 is 10.1 Å². The molecular weight excluding hydrogens is 258 g/mol. The Hall–Kier alpha value is -1.80. The van der Waals surface area contributed by atoms with E-state index in [1.54, 1.807) is 0 Å². The molecule has 2 heteroatoms. The lowest BCUT2D eigenvalue weighted by molar-refractivity contribution is 0.304. The minimum Gasteiger partial charge on any atom is -0.489 e. The van der Waals surface area contributed by atoms with E-state index in [0.717, 1.165) is 12.2 Å². The summed E-state index contributed by atoms with van der Waals surface area (Å²) in [5.74, 6) is 1.53. The molecule has 2 aromatic rings. The summed E-state index contributed by atoms with van der Waals surface area (Å²) in [6.07, 6.45) is 1.15. The molecule has 0 aliphatic rings. The second-order valence-electron chi connectivity index (χ2n) is 5.50. The Balaban J connectivity index is 2.06. The summed E-state index contributed by atoms with van der Waals surface area (Å²) in [6, 6.07) is 19.0. The Morgan fingerprint density at radius 1 is 1.05 bits per heavy atom. The highest BCUT2D eigenvalue weighted by Crippen LogP contribution is 2.27. The molecule has 0 radical (unpaired) electrons. The van der Waals surface area contributed by atoms with E-state index >= 15 is 0 Å². The number of nitrogens with one attached hydrogen (secondary N) is 1. The van der Waals surface area contributed by atoms with E-state index in [9.17, 15) is 0 Å². The van der Waals surface area contributed by atoms with Crippen LogP contribution in [-0.4, -0.2) is 7.05 Å². The predicted molar refractivity (Wildman–Crippen MR) is 88.5 cm³/mol. The molecule has 0 bridgehead atoms. The fourth-order valence-electron chi connectivity index (χ4n) is 2.55. The van der Waals surface area contributed by atoms with Gasteiger partial charge in [-0.2, -0.15) is 0 Å². The third kappa shape index (κ3) is 4.33. The standard InChI is InChI=1S/C19H25NO/c1-4-15(2)19(20-3)17-11-8-12-18(13-17)21-14-16-9-6-5-7-10-16/h5-13,15,19-20H,4,14H2,1-3H3. The fraction of sp³-hybridized carbons (Fsp3) is 0.368. The molecule has 0 amide bonds. The number of hydrogen-bond donors (Lipinski definition) is 1. The molecular formula is C19H25NO. The normalized spacial score (nSPS) is 13.7. The summed E-state index contributed by atoms with van der Waals surface area (Å²) < 4.78 is 5.91. The van der Waals surface area contributed by atoms with Crippen LogP contribution in [0.4, 0.5) is 0 Å². The van der Waals surface area contributed by atoms with E-state index in [2.05, 4.69) is 49.5 Å². The molecule has 112 valence electrons. The van der Waals surface area contributed by atoms with Crippen molar-refractivity contribution < 1.29 is 4.74 Å². The van der Waals surface area contributed by atoms with Crippen molar-refractivity contribution in [1.82, 2.24) is 5.32 Å². The van der Waals surface area contributed by atoms with Gasteiger partial charge in [0.15, 0.2) is 0 Å². The summed E-state index contributed by atoms with van der Waals surface area (Å²) in [5, 5.41) is 3.41. The lowest BCUT2D eigenvalue weighted by Gasteiger charge is -2.23. The molecule has 0 aromatic heterocycles. The van der Waals surface area contributed by atoms with E-state index in [4.69, 9.17) is 4.74 Å². The van der Waals surface area contributed by atoms with Crippen LogP contribution in [0.2, 0.25) is 0 Å². The minimum absolute atomic E-state index is 0.371. The summed E-state index contributed by atoms with van der Waals surface area (Å²) in [7, 11) is 2.02. The SMILES string of the molecule is CCC(C)C(NC)c1cccc(OCc2ccccc2)c1. The lowest BCUT2D eigenvalue weighted by Crippen LogP contribution is -2.23. The van der Waals surface area contributed by atoms with Crippen LogP contribution in [0, 0.1) is 5.92 Å². The molecule has 0 spiro atoms. The maximum Gasteiger partial charge on any atom is 0.120 e. The van der Waals surface area contributed by atoms with E-state index in [-0.39, 0.29) is 0 Å². The first-order valence-corrected chi connectivity index (χ1v) is 7.68. The van der Waals surface area contributed by atoms with Gasteiger partial charge in [0.05, 0.1) is 0 Å². The highest BCUT2D eigenvalue weighted by atomic mass is 16.5. The van der Waals surface area contributed by atoms with Crippen LogP contribution in [0.25, 0.3) is 0 Å². The second-order valence-corrected chi connectivity index (χ2v) is 5.50. The molecule has 0 heterocycles. The Labute approximate surface area is 128 Å². The molecule has 21 heavy (non-hydrogen) atoms. The van der Waals surface area contributed by atoms with Gasteiger partial charge >= 0.3 is 0 Å². The topological polar surface area (TPSA) is 21.3 Å². The average molecular weight is 283 g/mol. The summed E-state index contributed by atoms with van der Waals surface area (Å²) in [6.45, 7) is 5.11. The largest absolute Gasteiger partial charge is 0.489 e. The van der Waals surface area contributed by atoms with Crippen molar-refractivity contribution in [3.63, 3.8) is 0 Å². The molecule has 1 N–H and O–H groups in total. The molecule has 2 rings (SSSR count). The van der Waals surface area contributed by atoms with Crippen LogP contribution >= 0.6 is 0 Å². The summed E-state index contributed by atoms with van der Waals surface area (Å²) in [4.78, 5) is 0. The number of rotatable bonds is 7. The molecule has 0 saturated heterocycles. The molecule has 2 unspecified atom stereocenters. The van der Waals surface area contributed by atoms with E-state index in [1.165, 1.54) is 11.1 Å². The van der Waals surface area contributed by atoms with Gasteiger partial charge in [0.25, 0.3) is 0 Å². The minimum atomic E-state index is 0.371. The number of benzene rings is 2. The third-order valence-corrected chi connectivity index (χ3v) is 3.99. The van der Waals surface area contributed by atoms with E-state index in [0.29, 0.717) is 18.6 Å². The zero-order chi connectivity index (χ0) is 15.1. The van der Waals surface area contributed by atoms with Gasteiger partial charge in [0, 0.05) is 6.04 Å². The maximum absolute atomic E-state index is 5.91. The van der Waals surface area contributed by atoms with Crippen molar-refractivity contribution in [2.45, 2.75) is 32.9 Å². The smallest absolute Gasteiger partial charge is 0.120 e. The molecule has 0 aliphatic heterocycles.